The van der Waals surface area contributed by atoms with Gasteiger partial charge in [0.15, 0.2) is 0 Å². The quantitative estimate of drug-likeness (QED) is 0.666. The van der Waals surface area contributed by atoms with Crippen molar-refractivity contribution in [2.24, 2.45) is 0 Å². The predicted molar refractivity (Wildman–Crippen MR) is 44.8 cm³/mol. The van der Waals surface area contributed by atoms with Crippen molar-refractivity contribution >= 4 is 11.9 Å². The molecule has 1 radical (unpaired) electrons. The van der Waals surface area contributed by atoms with Gasteiger partial charge in [-0.2, -0.15) is 0 Å². The van der Waals surface area contributed by atoms with Crippen LogP contribution in [0.2, 0.25) is 0 Å². The summed E-state index contributed by atoms with van der Waals surface area (Å²) >= 11 is 1.61. The summed E-state index contributed by atoms with van der Waals surface area (Å²) in [6.45, 7) is 3.06. The lowest BCUT2D eigenvalue weighted by Crippen LogP contribution is -1.99. The summed E-state index contributed by atoms with van der Waals surface area (Å²) < 4.78 is 3.15. The summed E-state index contributed by atoms with van der Waals surface area (Å²) in [6, 6.07) is 11.0. The SMILES string of the molecule is CCNSc1[c]cccc1. The Kier molecular flexibility index (Phi) is 3.33. The highest BCUT2D eigenvalue weighted by Gasteiger charge is 1.87. The van der Waals surface area contributed by atoms with E-state index >= 15 is 0 Å². The molecule has 0 fully saturated rings. The molecule has 1 aromatic carbocycles. The maximum atomic E-state index is 3.15. The summed E-state index contributed by atoms with van der Waals surface area (Å²) in [5, 5.41) is 0. The molecule has 0 saturated carbocycles. The molecule has 0 bridgehead atoms. The molecule has 1 N–H and O–H groups in total. The average Bonchev–Trinajstić information content (AvgIpc) is 2.03. The first-order chi connectivity index (χ1) is 4.93. The Bertz CT molecular complexity index is 174. The van der Waals surface area contributed by atoms with Crippen LogP contribution in [-0.4, -0.2) is 6.54 Å². The van der Waals surface area contributed by atoms with Gasteiger partial charge in [-0.3, -0.25) is 4.72 Å². The first-order valence-electron chi connectivity index (χ1n) is 3.30. The third-order valence-corrected chi connectivity index (χ3v) is 1.91. The van der Waals surface area contributed by atoms with E-state index in [2.05, 4.69) is 17.7 Å². The van der Waals surface area contributed by atoms with Gasteiger partial charge in [-0.25, -0.2) is 0 Å². The van der Waals surface area contributed by atoms with Crippen LogP contribution in [-0.2, 0) is 0 Å². The summed E-state index contributed by atoms with van der Waals surface area (Å²) in [5.74, 6) is 0. The standard InChI is InChI=1S/C8H10NS/c1-2-9-10-8-6-4-3-5-7-8/h3-6,9H,2H2,1H3. The Morgan fingerprint density at radius 2 is 2.50 bits per heavy atom. The highest BCUT2D eigenvalue weighted by molar-refractivity contribution is 7.97. The van der Waals surface area contributed by atoms with Gasteiger partial charge in [-0.15, -0.1) is 0 Å². The third-order valence-electron chi connectivity index (χ3n) is 1.01. The molecule has 0 spiro atoms. The highest BCUT2D eigenvalue weighted by atomic mass is 32.2. The van der Waals surface area contributed by atoms with Crippen LogP contribution < -0.4 is 4.72 Å². The van der Waals surface area contributed by atoms with Crippen molar-refractivity contribution in [1.82, 2.24) is 4.72 Å². The fourth-order valence-corrected chi connectivity index (χ4v) is 1.16. The molecule has 0 aliphatic carbocycles. The van der Waals surface area contributed by atoms with Crippen LogP contribution in [0.5, 0.6) is 0 Å². The fraction of sp³-hybridized carbons (Fsp3) is 0.250. The Morgan fingerprint density at radius 1 is 1.60 bits per heavy atom. The van der Waals surface area contributed by atoms with E-state index in [0.29, 0.717) is 0 Å². The zero-order chi connectivity index (χ0) is 7.23. The van der Waals surface area contributed by atoms with Crippen molar-refractivity contribution in [3.05, 3.63) is 30.3 Å². The van der Waals surface area contributed by atoms with E-state index in [0.717, 1.165) is 11.4 Å². The van der Waals surface area contributed by atoms with E-state index < -0.39 is 0 Å². The van der Waals surface area contributed by atoms with Crippen molar-refractivity contribution in [3.8, 4) is 0 Å². The Labute approximate surface area is 66.0 Å². The molecule has 0 heterocycles. The van der Waals surface area contributed by atoms with Crippen LogP contribution in [0.15, 0.2) is 29.2 Å². The summed E-state index contributed by atoms with van der Waals surface area (Å²) in [6.07, 6.45) is 0. The van der Waals surface area contributed by atoms with Gasteiger partial charge in [0, 0.05) is 11.4 Å². The maximum absolute atomic E-state index is 3.15. The zero-order valence-electron chi connectivity index (χ0n) is 5.92. The van der Waals surface area contributed by atoms with Gasteiger partial charge < -0.3 is 0 Å². The van der Waals surface area contributed by atoms with Gasteiger partial charge in [-0.1, -0.05) is 25.1 Å². The van der Waals surface area contributed by atoms with Gasteiger partial charge in [0.2, 0.25) is 0 Å². The van der Waals surface area contributed by atoms with Crippen molar-refractivity contribution in [3.63, 3.8) is 0 Å². The lowest BCUT2D eigenvalue weighted by molar-refractivity contribution is 1.03. The molecule has 1 aromatic rings. The van der Waals surface area contributed by atoms with Crippen molar-refractivity contribution in [1.29, 1.82) is 0 Å². The van der Waals surface area contributed by atoms with Gasteiger partial charge in [-0.05, 0) is 24.1 Å². The third kappa shape index (κ3) is 2.42. The van der Waals surface area contributed by atoms with Gasteiger partial charge in [0.05, 0.1) is 0 Å². The second-order valence-corrected chi connectivity index (χ2v) is 2.76. The van der Waals surface area contributed by atoms with Crippen LogP contribution in [0.4, 0.5) is 0 Å². The smallest absolute Gasteiger partial charge is 0.0306 e. The minimum atomic E-state index is 0.980. The minimum absolute atomic E-state index is 0.980. The minimum Gasteiger partial charge on any atom is -0.260 e. The van der Waals surface area contributed by atoms with Crippen molar-refractivity contribution in [2.45, 2.75) is 11.8 Å². The number of nitrogens with one attached hydrogen (secondary N) is 1. The largest absolute Gasteiger partial charge is 0.260 e. The normalized spacial score (nSPS) is 9.70. The summed E-state index contributed by atoms with van der Waals surface area (Å²) in [7, 11) is 0. The lowest BCUT2D eigenvalue weighted by atomic mass is 10.4. The molecule has 0 aliphatic heterocycles. The molecule has 0 aromatic heterocycles. The highest BCUT2D eigenvalue weighted by Crippen LogP contribution is 2.11. The molecule has 0 amide bonds. The molecule has 1 rings (SSSR count). The van der Waals surface area contributed by atoms with E-state index in [1.54, 1.807) is 11.9 Å². The number of hydrogen-bond donors (Lipinski definition) is 1. The molecular formula is C8H10NS. The monoisotopic (exact) mass is 152 g/mol. The first kappa shape index (κ1) is 7.63. The van der Waals surface area contributed by atoms with Crippen LogP contribution >= 0.6 is 11.9 Å². The fourth-order valence-electron chi connectivity index (χ4n) is 0.590. The molecule has 0 saturated heterocycles. The van der Waals surface area contributed by atoms with Gasteiger partial charge in [0.25, 0.3) is 0 Å². The maximum Gasteiger partial charge on any atom is 0.0306 e. The van der Waals surface area contributed by atoms with Gasteiger partial charge in [0.1, 0.15) is 0 Å². The van der Waals surface area contributed by atoms with E-state index in [1.807, 2.05) is 24.3 Å². The Hall–Kier alpha value is -0.470. The van der Waals surface area contributed by atoms with Crippen LogP contribution in [0.25, 0.3) is 0 Å². The molecular weight excluding hydrogens is 142 g/mol. The number of rotatable bonds is 3. The average molecular weight is 152 g/mol. The molecule has 2 heteroatoms. The number of hydrogen-bond acceptors (Lipinski definition) is 2. The molecule has 10 heavy (non-hydrogen) atoms. The summed E-state index contributed by atoms with van der Waals surface area (Å²) in [4.78, 5) is 1.14. The first-order valence-corrected chi connectivity index (χ1v) is 4.11. The van der Waals surface area contributed by atoms with Crippen LogP contribution in [0.1, 0.15) is 6.92 Å². The van der Waals surface area contributed by atoms with Gasteiger partial charge >= 0.3 is 0 Å². The van der Waals surface area contributed by atoms with Crippen LogP contribution in [0.3, 0.4) is 0 Å². The lowest BCUT2D eigenvalue weighted by Gasteiger charge is -1.97. The molecule has 53 valence electrons. The summed E-state index contributed by atoms with van der Waals surface area (Å²) in [5.41, 5.74) is 0. The predicted octanol–water partition coefficient (Wildman–Crippen LogP) is 2.10. The van der Waals surface area contributed by atoms with Crippen molar-refractivity contribution in [2.75, 3.05) is 6.54 Å². The van der Waals surface area contributed by atoms with Crippen LogP contribution in [0, 0.1) is 6.07 Å². The Morgan fingerprint density at radius 3 is 3.10 bits per heavy atom. The second-order valence-electron chi connectivity index (χ2n) is 1.83. The van der Waals surface area contributed by atoms with E-state index in [9.17, 15) is 0 Å². The zero-order valence-corrected chi connectivity index (χ0v) is 6.74. The number of benzene rings is 1. The second kappa shape index (κ2) is 4.36. The topological polar surface area (TPSA) is 12.0 Å². The molecule has 0 atom stereocenters. The molecule has 0 unspecified atom stereocenters. The Balaban J connectivity index is 2.43. The molecule has 1 nitrogen and oxygen atoms in total. The molecule has 0 aliphatic rings. The van der Waals surface area contributed by atoms with E-state index in [-0.39, 0.29) is 0 Å². The van der Waals surface area contributed by atoms with Crippen molar-refractivity contribution < 1.29 is 0 Å². The van der Waals surface area contributed by atoms with E-state index in [4.69, 9.17) is 0 Å². The van der Waals surface area contributed by atoms with E-state index in [1.165, 1.54) is 0 Å².